The van der Waals surface area contributed by atoms with Gasteiger partial charge in [-0.1, -0.05) is 54.6 Å². The van der Waals surface area contributed by atoms with Crippen molar-refractivity contribution < 1.29 is 14.3 Å². The van der Waals surface area contributed by atoms with Crippen LogP contribution in [0.15, 0.2) is 72.8 Å². The van der Waals surface area contributed by atoms with Gasteiger partial charge in [0.15, 0.2) is 6.61 Å². The summed E-state index contributed by atoms with van der Waals surface area (Å²) in [5.74, 6) is 0.221. The van der Waals surface area contributed by atoms with E-state index in [2.05, 4.69) is 10.6 Å². The predicted octanol–water partition coefficient (Wildman–Crippen LogP) is 4.26. The highest BCUT2D eigenvalue weighted by Crippen LogP contribution is 2.32. The molecule has 140 valence electrons. The first-order valence-corrected chi connectivity index (χ1v) is 9.19. The van der Waals surface area contributed by atoms with Gasteiger partial charge in [0, 0.05) is 12.1 Å². The van der Waals surface area contributed by atoms with Crippen LogP contribution in [0.3, 0.4) is 0 Å². The summed E-state index contributed by atoms with van der Waals surface area (Å²) in [6.07, 6.45) is 1.15. The van der Waals surface area contributed by atoms with Crippen LogP contribution >= 0.6 is 0 Å². The third kappa shape index (κ3) is 4.04. The van der Waals surface area contributed by atoms with Crippen LogP contribution in [0.25, 0.3) is 11.1 Å². The van der Waals surface area contributed by atoms with Gasteiger partial charge in [0.05, 0.1) is 5.69 Å². The highest BCUT2D eigenvalue weighted by molar-refractivity contribution is 5.96. The van der Waals surface area contributed by atoms with Gasteiger partial charge >= 0.3 is 0 Å². The third-order valence-corrected chi connectivity index (χ3v) is 4.63. The number of rotatable bonds is 5. The predicted molar refractivity (Wildman–Crippen MR) is 109 cm³/mol. The average molecular weight is 372 g/mol. The van der Waals surface area contributed by atoms with E-state index in [1.165, 1.54) is 0 Å². The molecular weight excluding hydrogens is 352 g/mol. The van der Waals surface area contributed by atoms with Gasteiger partial charge in [0.25, 0.3) is 5.91 Å². The summed E-state index contributed by atoms with van der Waals surface area (Å²) in [6, 6.07) is 23.3. The summed E-state index contributed by atoms with van der Waals surface area (Å²) in [6.45, 7) is -0.132. The molecule has 0 radical (unpaired) electrons. The summed E-state index contributed by atoms with van der Waals surface area (Å²) in [5, 5.41) is 5.66. The van der Waals surface area contributed by atoms with Crippen molar-refractivity contribution in [2.24, 2.45) is 0 Å². The number of hydrogen-bond donors (Lipinski definition) is 2. The first kappa shape index (κ1) is 17.8. The number of ether oxygens (including phenoxy) is 1. The van der Waals surface area contributed by atoms with E-state index in [0.717, 1.165) is 16.7 Å². The maximum Gasteiger partial charge on any atom is 0.262 e. The van der Waals surface area contributed by atoms with E-state index in [9.17, 15) is 9.59 Å². The smallest absolute Gasteiger partial charge is 0.262 e. The van der Waals surface area contributed by atoms with Gasteiger partial charge in [0.1, 0.15) is 5.75 Å². The monoisotopic (exact) mass is 372 g/mol. The van der Waals surface area contributed by atoms with Gasteiger partial charge in [-0.05, 0) is 41.3 Å². The second-order valence-electron chi connectivity index (χ2n) is 6.62. The lowest BCUT2D eigenvalue weighted by atomic mass is 10.0. The van der Waals surface area contributed by atoms with E-state index >= 15 is 0 Å². The summed E-state index contributed by atoms with van der Waals surface area (Å²) >= 11 is 0. The van der Waals surface area contributed by atoms with Crippen molar-refractivity contribution in [1.29, 1.82) is 0 Å². The lowest BCUT2D eigenvalue weighted by molar-refractivity contribution is -0.118. The van der Waals surface area contributed by atoms with Gasteiger partial charge in [-0.15, -0.1) is 0 Å². The molecule has 2 amide bonds. The number of nitrogens with one attached hydrogen (secondary N) is 2. The topological polar surface area (TPSA) is 67.4 Å². The number of benzene rings is 3. The van der Waals surface area contributed by atoms with E-state index in [1.807, 2.05) is 66.7 Å². The Morgan fingerprint density at radius 1 is 0.893 bits per heavy atom. The molecule has 0 fully saturated rings. The van der Waals surface area contributed by atoms with Crippen molar-refractivity contribution in [3.63, 3.8) is 0 Å². The molecule has 3 aromatic rings. The van der Waals surface area contributed by atoms with Crippen molar-refractivity contribution in [3.05, 3.63) is 78.4 Å². The Morgan fingerprint density at radius 3 is 2.43 bits per heavy atom. The summed E-state index contributed by atoms with van der Waals surface area (Å²) in [5.41, 5.74) is 4.60. The van der Waals surface area contributed by atoms with Crippen molar-refractivity contribution in [2.45, 2.75) is 12.8 Å². The molecule has 3 aromatic carbocycles. The lowest BCUT2D eigenvalue weighted by Gasteiger charge is -2.20. The Kier molecular flexibility index (Phi) is 5.06. The third-order valence-electron chi connectivity index (χ3n) is 4.63. The van der Waals surface area contributed by atoms with Crippen LogP contribution < -0.4 is 15.4 Å². The van der Waals surface area contributed by atoms with Crippen LogP contribution in [0, 0.1) is 0 Å². The van der Waals surface area contributed by atoms with Crippen molar-refractivity contribution in [2.75, 3.05) is 17.2 Å². The normalized spacial score (nSPS) is 12.6. The minimum absolute atomic E-state index is 0.0356. The van der Waals surface area contributed by atoms with Crippen LogP contribution in [0.1, 0.15) is 12.0 Å². The minimum Gasteiger partial charge on any atom is -0.482 e. The van der Waals surface area contributed by atoms with Gasteiger partial charge in [-0.2, -0.15) is 0 Å². The molecular formula is C23H20N2O3. The standard InChI is InChI=1S/C23H20N2O3/c26-21-14-11-18-7-4-8-20(23(18)25-21)28-15-22(27)24-19-12-9-17(10-13-19)16-5-2-1-3-6-16/h1-10,12-13H,11,14-15H2,(H,24,27)(H,25,26). The van der Waals surface area contributed by atoms with Crippen LogP contribution in [0.5, 0.6) is 5.75 Å². The summed E-state index contributed by atoms with van der Waals surface area (Å²) in [4.78, 5) is 23.9. The molecule has 0 bridgehead atoms. The zero-order valence-electron chi connectivity index (χ0n) is 15.3. The van der Waals surface area contributed by atoms with Gasteiger partial charge in [0.2, 0.25) is 5.91 Å². The fraction of sp³-hybridized carbons (Fsp3) is 0.130. The molecule has 0 atom stereocenters. The Balaban J connectivity index is 1.37. The minimum atomic E-state index is -0.257. The quantitative estimate of drug-likeness (QED) is 0.703. The molecule has 1 aliphatic heterocycles. The fourth-order valence-electron chi connectivity index (χ4n) is 3.21. The average Bonchev–Trinajstić information content (AvgIpc) is 2.73. The SMILES string of the molecule is O=C(COc1cccc2c1NC(=O)CC2)Nc1ccc(-c2ccccc2)cc1. The molecule has 0 spiro atoms. The maximum absolute atomic E-state index is 12.2. The number of carbonyl (C=O) groups excluding carboxylic acids is 2. The molecule has 2 N–H and O–H groups in total. The van der Waals surface area contributed by atoms with E-state index in [-0.39, 0.29) is 18.4 Å². The Labute approximate surface area is 163 Å². The Hall–Kier alpha value is -3.60. The molecule has 0 unspecified atom stereocenters. The number of amides is 2. The number of carbonyl (C=O) groups is 2. The molecule has 5 heteroatoms. The van der Waals surface area contributed by atoms with Gasteiger partial charge in [-0.3, -0.25) is 9.59 Å². The summed E-state index contributed by atoms with van der Waals surface area (Å²) < 4.78 is 5.65. The molecule has 1 aliphatic rings. The first-order valence-electron chi connectivity index (χ1n) is 9.19. The maximum atomic E-state index is 12.2. The van der Waals surface area contributed by atoms with Crippen LogP contribution in [-0.4, -0.2) is 18.4 Å². The first-order chi connectivity index (χ1) is 13.7. The van der Waals surface area contributed by atoms with Crippen LogP contribution in [0.4, 0.5) is 11.4 Å². The van der Waals surface area contributed by atoms with Gasteiger partial charge < -0.3 is 15.4 Å². The molecule has 4 rings (SSSR count). The zero-order valence-corrected chi connectivity index (χ0v) is 15.3. The molecule has 0 aliphatic carbocycles. The summed E-state index contributed by atoms with van der Waals surface area (Å²) in [7, 11) is 0. The van der Waals surface area contributed by atoms with E-state index in [0.29, 0.717) is 30.0 Å². The largest absolute Gasteiger partial charge is 0.482 e. The number of fused-ring (bicyclic) bond motifs is 1. The number of hydrogen-bond acceptors (Lipinski definition) is 3. The van der Waals surface area contributed by atoms with E-state index in [1.54, 1.807) is 6.07 Å². The molecule has 0 aromatic heterocycles. The molecule has 28 heavy (non-hydrogen) atoms. The van der Waals surface area contributed by atoms with Gasteiger partial charge in [-0.25, -0.2) is 0 Å². The number of para-hydroxylation sites is 1. The molecule has 1 heterocycles. The van der Waals surface area contributed by atoms with Crippen LogP contribution in [0.2, 0.25) is 0 Å². The van der Waals surface area contributed by atoms with Crippen molar-refractivity contribution in [1.82, 2.24) is 0 Å². The lowest BCUT2D eigenvalue weighted by Crippen LogP contribution is -2.23. The van der Waals surface area contributed by atoms with E-state index in [4.69, 9.17) is 4.74 Å². The second-order valence-corrected chi connectivity index (χ2v) is 6.62. The number of aryl methyl sites for hydroxylation is 1. The van der Waals surface area contributed by atoms with Crippen molar-refractivity contribution in [3.8, 4) is 16.9 Å². The fourth-order valence-corrected chi connectivity index (χ4v) is 3.21. The highest BCUT2D eigenvalue weighted by atomic mass is 16.5. The molecule has 5 nitrogen and oxygen atoms in total. The Morgan fingerprint density at radius 2 is 1.64 bits per heavy atom. The Bertz CT molecular complexity index is 998. The zero-order chi connectivity index (χ0) is 19.3. The van der Waals surface area contributed by atoms with Crippen LogP contribution in [-0.2, 0) is 16.0 Å². The number of anilines is 2. The van der Waals surface area contributed by atoms with Crippen molar-refractivity contribution >= 4 is 23.2 Å². The molecule has 0 saturated heterocycles. The highest BCUT2D eigenvalue weighted by Gasteiger charge is 2.18. The van der Waals surface area contributed by atoms with E-state index < -0.39 is 0 Å². The second kappa shape index (κ2) is 7.96. The molecule has 0 saturated carbocycles.